The van der Waals surface area contributed by atoms with Gasteiger partial charge in [0.2, 0.25) is 0 Å². The molecule has 1 aliphatic heterocycles. The van der Waals surface area contributed by atoms with E-state index in [0.717, 1.165) is 5.82 Å². The van der Waals surface area contributed by atoms with E-state index in [4.69, 9.17) is 16.3 Å². The second-order valence-electron chi connectivity index (χ2n) is 8.41. The summed E-state index contributed by atoms with van der Waals surface area (Å²) in [4.78, 5) is 31.4. The third-order valence-corrected chi connectivity index (χ3v) is 5.96. The summed E-state index contributed by atoms with van der Waals surface area (Å²) in [6, 6.07) is 11.8. The van der Waals surface area contributed by atoms with Crippen molar-refractivity contribution in [2.45, 2.75) is 32.9 Å². The van der Waals surface area contributed by atoms with Gasteiger partial charge < -0.3 is 19.5 Å². The number of halogens is 1. The second-order valence-corrected chi connectivity index (χ2v) is 8.85. The highest BCUT2D eigenvalue weighted by atomic mass is 35.5. The number of amides is 2. The summed E-state index contributed by atoms with van der Waals surface area (Å²) < 4.78 is 7.63. The van der Waals surface area contributed by atoms with Gasteiger partial charge in [-0.2, -0.15) is 0 Å². The van der Waals surface area contributed by atoms with Gasteiger partial charge in [0.25, 0.3) is 11.8 Å². The number of carbonyl (C=O) groups excluding carboxylic acids is 2. The van der Waals surface area contributed by atoms with E-state index in [1.807, 2.05) is 18.4 Å². The van der Waals surface area contributed by atoms with Crippen molar-refractivity contribution in [2.75, 3.05) is 19.7 Å². The molecule has 0 saturated carbocycles. The van der Waals surface area contributed by atoms with Crippen LogP contribution in [0.4, 0.5) is 0 Å². The lowest BCUT2D eigenvalue weighted by Crippen LogP contribution is -2.37. The van der Waals surface area contributed by atoms with Crippen LogP contribution in [-0.4, -0.2) is 56.2 Å². The van der Waals surface area contributed by atoms with Crippen molar-refractivity contribution in [1.82, 2.24) is 30.0 Å². The number of ether oxygens (including phenoxy) is 1. The van der Waals surface area contributed by atoms with Crippen LogP contribution in [-0.2, 0) is 17.8 Å². The SMILES string of the molecule is CC(C)C(NC(=O)c1ccccn1)c1nnc2n1CCN(C(=O)COc1ccc(Cl)cc1)CC2. The maximum atomic E-state index is 12.8. The summed E-state index contributed by atoms with van der Waals surface area (Å²) in [6.45, 7) is 5.54. The summed E-state index contributed by atoms with van der Waals surface area (Å²) in [5.74, 6) is 1.79. The average molecular weight is 483 g/mol. The van der Waals surface area contributed by atoms with Gasteiger partial charge in [0.15, 0.2) is 12.4 Å². The normalized spacial score (nSPS) is 14.3. The first-order valence-corrected chi connectivity index (χ1v) is 11.6. The number of aromatic nitrogens is 4. The van der Waals surface area contributed by atoms with Gasteiger partial charge in [0.05, 0.1) is 6.04 Å². The molecule has 0 bridgehead atoms. The van der Waals surface area contributed by atoms with Crippen LogP contribution in [0, 0.1) is 5.92 Å². The van der Waals surface area contributed by atoms with E-state index in [-0.39, 0.29) is 30.4 Å². The zero-order valence-electron chi connectivity index (χ0n) is 19.1. The molecule has 0 spiro atoms. The Labute approximate surface area is 203 Å². The highest BCUT2D eigenvalue weighted by Crippen LogP contribution is 2.23. The van der Waals surface area contributed by atoms with Crippen LogP contribution in [0.15, 0.2) is 48.7 Å². The molecule has 1 N–H and O–H groups in total. The maximum absolute atomic E-state index is 12.8. The lowest BCUT2D eigenvalue weighted by molar-refractivity contribution is -0.133. The summed E-state index contributed by atoms with van der Waals surface area (Å²) in [5.41, 5.74) is 0.348. The van der Waals surface area contributed by atoms with Gasteiger partial charge in [-0.3, -0.25) is 14.6 Å². The van der Waals surface area contributed by atoms with Gasteiger partial charge in [-0.15, -0.1) is 10.2 Å². The van der Waals surface area contributed by atoms with Crippen molar-refractivity contribution in [3.63, 3.8) is 0 Å². The number of rotatable bonds is 7. The molecule has 34 heavy (non-hydrogen) atoms. The van der Waals surface area contributed by atoms with Gasteiger partial charge in [-0.25, -0.2) is 0 Å². The molecule has 9 nitrogen and oxygen atoms in total. The van der Waals surface area contributed by atoms with Crippen molar-refractivity contribution in [2.24, 2.45) is 5.92 Å². The van der Waals surface area contributed by atoms with Crippen molar-refractivity contribution >= 4 is 23.4 Å². The molecule has 0 fully saturated rings. The average Bonchev–Trinajstić information content (AvgIpc) is 3.12. The first-order chi connectivity index (χ1) is 16.4. The molecule has 0 radical (unpaired) electrons. The summed E-state index contributed by atoms with van der Waals surface area (Å²) in [6.07, 6.45) is 2.16. The van der Waals surface area contributed by atoms with Crippen LogP contribution in [0.1, 0.15) is 42.0 Å². The van der Waals surface area contributed by atoms with E-state index >= 15 is 0 Å². The molecule has 2 aromatic heterocycles. The highest BCUT2D eigenvalue weighted by Gasteiger charge is 2.29. The van der Waals surface area contributed by atoms with E-state index < -0.39 is 0 Å². The Bertz CT molecular complexity index is 1130. The lowest BCUT2D eigenvalue weighted by atomic mass is 10.0. The van der Waals surface area contributed by atoms with E-state index in [9.17, 15) is 9.59 Å². The second kappa shape index (κ2) is 10.6. The smallest absolute Gasteiger partial charge is 0.270 e. The van der Waals surface area contributed by atoms with Crippen LogP contribution in [0.5, 0.6) is 5.75 Å². The fourth-order valence-corrected chi connectivity index (χ4v) is 3.96. The van der Waals surface area contributed by atoms with Crippen molar-refractivity contribution in [3.8, 4) is 5.75 Å². The molecule has 3 heterocycles. The number of nitrogens with one attached hydrogen (secondary N) is 1. The van der Waals surface area contributed by atoms with Gasteiger partial charge in [0, 0.05) is 37.3 Å². The van der Waals surface area contributed by atoms with Crippen LogP contribution < -0.4 is 10.1 Å². The van der Waals surface area contributed by atoms with Crippen LogP contribution in [0.3, 0.4) is 0 Å². The minimum Gasteiger partial charge on any atom is -0.484 e. The zero-order valence-corrected chi connectivity index (χ0v) is 19.9. The van der Waals surface area contributed by atoms with Crippen molar-refractivity contribution < 1.29 is 14.3 Å². The molecular weight excluding hydrogens is 456 g/mol. The number of hydrogen-bond acceptors (Lipinski definition) is 6. The standard InChI is InChI=1S/C24H27ClN6O3/c1-16(2)22(27-24(33)19-5-3-4-11-26-19)23-29-28-20-10-12-30(13-14-31(20)23)21(32)15-34-18-8-6-17(25)7-9-18/h3-9,11,16,22H,10,12-15H2,1-2H3,(H,27,33). The maximum Gasteiger partial charge on any atom is 0.270 e. The van der Waals surface area contributed by atoms with Gasteiger partial charge in [0.1, 0.15) is 17.3 Å². The highest BCUT2D eigenvalue weighted by molar-refractivity contribution is 6.30. The van der Waals surface area contributed by atoms with Crippen LogP contribution >= 0.6 is 11.6 Å². The number of fused-ring (bicyclic) bond motifs is 1. The van der Waals surface area contributed by atoms with E-state index in [0.29, 0.717) is 48.3 Å². The number of pyridine rings is 1. The monoisotopic (exact) mass is 482 g/mol. The van der Waals surface area contributed by atoms with Crippen molar-refractivity contribution in [3.05, 3.63) is 71.0 Å². The van der Waals surface area contributed by atoms with Crippen LogP contribution in [0.25, 0.3) is 0 Å². The Morgan fingerprint density at radius 3 is 2.59 bits per heavy atom. The topological polar surface area (TPSA) is 102 Å². The minimum atomic E-state index is -0.341. The number of carbonyl (C=O) groups is 2. The Hall–Kier alpha value is -3.46. The molecule has 0 saturated heterocycles. The zero-order chi connectivity index (χ0) is 24.1. The predicted molar refractivity (Wildman–Crippen MR) is 127 cm³/mol. The Balaban J connectivity index is 1.42. The number of benzene rings is 1. The molecule has 0 aliphatic carbocycles. The van der Waals surface area contributed by atoms with E-state index in [1.165, 1.54) is 0 Å². The molecule has 1 atom stereocenters. The molecule has 4 rings (SSSR count). The summed E-state index contributed by atoms with van der Waals surface area (Å²) >= 11 is 5.89. The molecular formula is C24H27ClN6O3. The molecule has 1 aliphatic rings. The van der Waals surface area contributed by atoms with Gasteiger partial charge in [-0.1, -0.05) is 31.5 Å². The lowest BCUT2D eigenvalue weighted by Gasteiger charge is -2.23. The summed E-state index contributed by atoms with van der Waals surface area (Å²) in [5, 5.41) is 12.4. The van der Waals surface area contributed by atoms with Gasteiger partial charge in [-0.05, 0) is 42.3 Å². The van der Waals surface area contributed by atoms with E-state index in [1.54, 1.807) is 53.6 Å². The first kappa shape index (κ1) is 23.7. The first-order valence-electron chi connectivity index (χ1n) is 11.2. The molecule has 2 amide bonds. The fourth-order valence-electron chi connectivity index (χ4n) is 3.83. The predicted octanol–water partition coefficient (Wildman–Crippen LogP) is 2.92. The molecule has 10 heteroatoms. The number of hydrogen-bond donors (Lipinski definition) is 1. The molecule has 1 aromatic carbocycles. The fraction of sp³-hybridized carbons (Fsp3) is 0.375. The molecule has 1 unspecified atom stereocenters. The Morgan fingerprint density at radius 1 is 1.09 bits per heavy atom. The third-order valence-electron chi connectivity index (χ3n) is 5.71. The minimum absolute atomic E-state index is 0.0518. The summed E-state index contributed by atoms with van der Waals surface area (Å²) in [7, 11) is 0. The number of nitrogens with zero attached hydrogens (tertiary/aromatic N) is 5. The molecule has 3 aromatic rings. The quantitative estimate of drug-likeness (QED) is 0.555. The van der Waals surface area contributed by atoms with Crippen molar-refractivity contribution in [1.29, 1.82) is 0 Å². The Kier molecular flexibility index (Phi) is 7.42. The Morgan fingerprint density at radius 2 is 1.88 bits per heavy atom. The molecule has 178 valence electrons. The van der Waals surface area contributed by atoms with Crippen LogP contribution in [0.2, 0.25) is 5.02 Å². The third kappa shape index (κ3) is 5.53. The largest absolute Gasteiger partial charge is 0.484 e. The van der Waals surface area contributed by atoms with E-state index in [2.05, 4.69) is 20.5 Å². The van der Waals surface area contributed by atoms with Gasteiger partial charge >= 0.3 is 0 Å².